The van der Waals surface area contributed by atoms with Gasteiger partial charge in [0.2, 0.25) is 5.28 Å². The molecule has 2 heterocycles. The second-order valence-corrected chi connectivity index (χ2v) is 6.36. The Kier molecular flexibility index (Phi) is 4.57. The first-order valence-corrected chi connectivity index (χ1v) is 8.27. The molecule has 1 aliphatic rings. The molecule has 2 aromatic rings. The lowest BCUT2D eigenvalue weighted by atomic mass is 10.1. The fraction of sp³-hybridized carbons (Fsp3) is 0.412. The maximum Gasteiger partial charge on any atom is 0.226 e. The van der Waals surface area contributed by atoms with Gasteiger partial charge in [0.15, 0.2) is 0 Å². The van der Waals surface area contributed by atoms with Gasteiger partial charge in [-0.1, -0.05) is 12.1 Å². The fourth-order valence-electron chi connectivity index (χ4n) is 2.89. The first kappa shape index (κ1) is 15.9. The molecule has 0 saturated heterocycles. The first-order valence-electron chi connectivity index (χ1n) is 7.89. The third kappa shape index (κ3) is 3.50. The molecule has 0 fully saturated rings. The van der Waals surface area contributed by atoms with Crippen molar-refractivity contribution in [3.63, 3.8) is 0 Å². The van der Waals surface area contributed by atoms with E-state index in [1.807, 2.05) is 12.1 Å². The van der Waals surface area contributed by atoms with Gasteiger partial charge in [-0.25, -0.2) is 9.97 Å². The van der Waals surface area contributed by atoms with Crippen LogP contribution in [0.15, 0.2) is 24.3 Å². The van der Waals surface area contributed by atoms with E-state index in [1.165, 1.54) is 0 Å². The fourth-order valence-corrected chi connectivity index (χ4v) is 3.05. The summed E-state index contributed by atoms with van der Waals surface area (Å²) in [6.07, 6.45) is 1.79. The van der Waals surface area contributed by atoms with Crippen molar-refractivity contribution in [1.29, 1.82) is 0 Å². The van der Waals surface area contributed by atoms with Crippen molar-refractivity contribution < 1.29 is 5.11 Å². The minimum absolute atomic E-state index is 0.281. The number of aromatic hydroxyl groups is 1. The largest absolute Gasteiger partial charge is 0.508 e. The van der Waals surface area contributed by atoms with Gasteiger partial charge in [0.25, 0.3) is 0 Å². The molecule has 0 bridgehead atoms. The second kappa shape index (κ2) is 6.62. The van der Waals surface area contributed by atoms with Gasteiger partial charge in [0, 0.05) is 24.7 Å². The average Bonchev–Trinajstić information content (AvgIpc) is 2.93. The van der Waals surface area contributed by atoms with Crippen molar-refractivity contribution in [2.45, 2.75) is 32.7 Å². The van der Waals surface area contributed by atoms with Crippen LogP contribution in [0.1, 0.15) is 25.0 Å². The number of hydrogen-bond donors (Lipinski definition) is 2. The smallest absolute Gasteiger partial charge is 0.226 e. The molecule has 23 heavy (non-hydrogen) atoms. The summed E-state index contributed by atoms with van der Waals surface area (Å²) in [7, 11) is 0. The molecule has 1 aromatic heterocycles. The van der Waals surface area contributed by atoms with Gasteiger partial charge in [0.1, 0.15) is 17.4 Å². The van der Waals surface area contributed by atoms with Gasteiger partial charge in [0.05, 0.1) is 0 Å². The molecule has 6 heteroatoms. The van der Waals surface area contributed by atoms with Crippen LogP contribution in [0.5, 0.6) is 5.75 Å². The lowest BCUT2D eigenvalue weighted by molar-refractivity contribution is 0.475. The van der Waals surface area contributed by atoms with E-state index in [2.05, 4.69) is 34.0 Å². The molecule has 0 unspecified atom stereocenters. The summed E-state index contributed by atoms with van der Waals surface area (Å²) in [5.74, 6) is 2.07. The van der Waals surface area contributed by atoms with Crippen LogP contribution in [0.4, 0.5) is 11.6 Å². The molecule has 1 aromatic carbocycles. The van der Waals surface area contributed by atoms with Crippen LogP contribution in [0.25, 0.3) is 0 Å². The minimum Gasteiger partial charge on any atom is -0.508 e. The molecular weight excluding hydrogens is 312 g/mol. The molecular formula is C17H21ClN4O. The Labute approximate surface area is 141 Å². The molecule has 122 valence electrons. The van der Waals surface area contributed by atoms with Crippen molar-refractivity contribution in [2.75, 3.05) is 23.3 Å². The standard InChI is InChI=1S/C17H21ClN4O/c1-11(2)22-10-8-14-15(20-17(18)21-16(14)22)19-9-7-12-3-5-13(23)6-4-12/h3-6,11,23H,7-10H2,1-2H3,(H,19,20,21). The van der Waals surface area contributed by atoms with E-state index in [9.17, 15) is 5.11 Å². The number of rotatable bonds is 5. The average molecular weight is 333 g/mol. The monoisotopic (exact) mass is 332 g/mol. The number of phenolic OH excluding ortho intramolecular Hbond substituents is 1. The second-order valence-electron chi connectivity index (χ2n) is 6.02. The summed E-state index contributed by atoms with van der Waals surface area (Å²) in [6.45, 7) is 6.02. The van der Waals surface area contributed by atoms with Crippen molar-refractivity contribution in [2.24, 2.45) is 0 Å². The Bertz CT molecular complexity index is 688. The van der Waals surface area contributed by atoms with Crippen LogP contribution >= 0.6 is 11.6 Å². The molecule has 0 atom stereocenters. The predicted molar refractivity (Wildman–Crippen MR) is 93.5 cm³/mol. The highest BCUT2D eigenvalue weighted by Gasteiger charge is 2.26. The van der Waals surface area contributed by atoms with Gasteiger partial charge in [-0.3, -0.25) is 0 Å². The van der Waals surface area contributed by atoms with Gasteiger partial charge < -0.3 is 15.3 Å². The van der Waals surface area contributed by atoms with Gasteiger partial charge in [-0.15, -0.1) is 0 Å². The lowest BCUT2D eigenvalue weighted by Gasteiger charge is -2.22. The van der Waals surface area contributed by atoms with Gasteiger partial charge in [-0.05, 0) is 56.0 Å². The van der Waals surface area contributed by atoms with Crippen LogP contribution < -0.4 is 10.2 Å². The molecule has 0 amide bonds. The highest BCUT2D eigenvalue weighted by Crippen LogP contribution is 2.33. The van der Waals surface area contributed by atoms with E-state index in [-0.39, 0.29) is 11.0 Å². The number of hydrogen-bond acceptors (Lipinski definition) is 5. The summed E-state index contributed by atoms with van der Waals surface area (Å²) in [4.78, 5) is 11.0. The summed E-state index contributed by atoms with van der Waals surface area (Å²) >= 11 is 6.10. The SMILES string of the molecule is CC(C)N1CCc2c(NCCc3ccc(O)cc3)nc(Cl)nc21. The van der Waals surface area contributed by atoms with Crippen LogP contribution in [0, 0.1) is 0 Å². The lowest BCUT2D eigenvalue weighted by Crippen LogP contribution is -2.29. The Balaban J connectivity index is 1.71. The van der Waals surface area contributed by atoms with E-state index in [0.29, 0.717) is 6.04 Å². The number of halogens is 1. The zero-order valence-corrected chi connectivity index (χ0v) is 14.1. The Hall–Kier alpha value is -2.01. The topological polar surface area (TPSA) is 61.3 Å². The Morgan fingerprint density at radius 2 is 2.00 bits per heavy atom. The maximum atomic E-state index is 9.31. The third-order valence-electron chi connectivity index (χ3n) is 4.10. The number of benzene rings is 1. The minimum atomic E-state index is 0.281. The number of phenols is 1. The predicted octanol–water partition coefficient (Wildman–Crippen LogP) is 3.26. The number of anilines is 2. The highest BCUT2D eigenvalue weighted by atomic mass is 35.5. The van der Waals surface area contributed by atoms with Crippen molar-refractivity contribution >= 4 is 23.2 Å². The molecule has 0 aliphatic carbocycles. The maximum absolute atomic E-state index is 9.31. The van der Waals surface area contributed by atoms with E-state index < -0.39 is 0 Å². The van der Waals surface area contributed by atoms with Crippen molar-refractivity contribution in [3.8, 4) is 5.75 Å². The van der Waals surface area contributed by atoms with Crippen molar-refractivity contribution in [1.82, 2.24) is 9.97 Å². The number of nitrogens with zero attached hydrogens (tertiary/aromatic N) is 3. The van der Waals surface area contributed by atoms with Crippen LogP contribution in [0.3, 0.4) is 0 Å². The zero-order chi connectivity index (χ0) is 16.4. The van der Waals surface area contributed by atoms with Gasteiger partial charge >= 0.3 is 0 Å². The number of aromatic nitrogens is 2. The molecule has 2 N–H and O–H groups in total. The number of fused-ring (bicyclic) bond motifs is 1. The summed E-state index contributed by atoms with van der Waals surface area (Å²) < 4.78 is 0. The molecule has 5 nitrogen and oxygen atoms in total. The van der Waals surface area contributed by atoms with E-state index in [4.69, 9.17) is 11.6 Å². The molecule has 0 spiro atoms. The van der Waals surface area contributed by atoms with Crippen molar-refractivity contribution in [3.05, 3.63) is 40.7 Å². The van der Waals surface area contributed by atoms with E-state index in [1.54, 1.807) is 12.1 Å². The van der Waals surface area contributed by atoms with Crippen LogP contribution in [0.2, 0.25) is 5.28 Å². The summed E-state index contributed by atoms with van der Waals surface area (Å²) in [5.41, 5.74) is 2.31. The summed E-state index contributed by atoms with van der Waals surface area (Å²) in [5, 5.41) is 13.0. The first-order chi connectivity index (χ1) is 11.0. The summed E-state index contributed by atoms with van der Waals surface area (Å²) in [6, 6.07) is 7.65. The molecule has 3 rings (SSSR count). The van der Waals surface area contributed by atoms with E-state index in [0.717, 1.165) is 48.7 Å². The molecule has 1 aliphatic heterocycles. The zero-order valence-electron chi connectivity index (χ0n) is 13.4. The molecule has 0 saturated carbocycles. The van der Waals surface area contributed by atoms with Crippen LogP contribution in [-0.4, -0.2) is 34.2 Å². The normalized spacial score (nSPS) is 13.5. The van der Waals surface area contributed by atoms with Crippen LogP contribution in [-0.2, 0) is 12.8 Å². The third-order valence-corrected chi connectivity index (χ3v) is 4.27. The molecule has 0 radical (unpaired) electrons. The van der Waals surface area contributed by atoms with E-state index >= 15 is 0 Å². The Morgan fingerprint density at radius 1 is 1.26 bits per heavy atom. The highest BCUT2D eigenvalue weighted by molar-refractivity contribution is 6.28. The number of nitrogens with one attached hydrogen (secondary N) is 1. The quantitative estimate of drug-likeness (QED) is 0.823. The Morgan fingerprint density at radius 3 is 2.70 bits per heavy atom. The van der Waals surface area contributed by atoms with Gasteiger partial charge in [-0.2, -0.15) is 0 Å².